The van der Waals surface area contributed by atoms with Crippen molar-refractivity contribution in [3.05, 3.63) is 39.7 Å². The number of rotatable bonds is 2. The predicted molar refractivity (Wildman–Crippen MR) is 93.2 cm³/mol. The zero-order valence-electron chi connectivity index (χ0n) is 14.6. The van der Waals surface area contributed by atoms with Gasteiger partial charge in [0.15, 0.2) is 6.04 Å². The molecule has 1 aromatic carbocycles. The van der Waals surface area contributed by atoms with Crippen molar-refractivity contribution < 1.29 is 26.7 Å². The molecule has 3 rings (SSSR count). The number of nitrogens with zero attached hydrogens (tertiary/aromatic N) is 4. The number of aliphatic imine (C=N–C) groups is 1. The molecule has 0 saturated carbocycles. The van der Waals surface area contributed by atoms with Crippen LogP contribution in [-0.4, -0.2) is 43.9 Å². The molecule has 2 aliphatic heterocycles. The molecule has 0 saturated heterocycles. The topological polar surface area (TPSA) is 114 Å². The van der Waals surface area contributed by atoms with Gasteiger partial charge in [-0.05, 0) is 25.8 Å². The number of fused-ring (bicyclic) bond motifs is 1. The average Bonchev–Trinajstić information content (AvgIpc) is 2.73. The van der Waals surface area contributed by atoms with Crippen LogP contribution in [0, 0.1) is 15.9 Å². The molecule has 0 aromatic heterocycles. The Labute approximate surface area is 157 Å². The highest BCUT2D eigenvalue weighted by atomic mass is 32.2. The highest BCUT2D eigenvalue weighted by Crippen LogP contribution is 2.39. The summed E-state index contributed by atoms with van der Waals surface area (Å²) in [6.45, 7) is 1.27. The number of halogens is 4. The summed E-state index contributed by atoms with van der Waals surface area (Å²) in [7, 11) is -3.71. The van der Waals surface area contributed by atoms with E-state index in [9.17, 15) is 31.9 Å². The number of non-ortho nitro benzene ring substituents is 1. The lowest BCUT2D eigenvalue weighted by atomic mass is 9.93. The van der Waals surface area contributed by atoms with Gasteiger partial charge in [0.2, 0.25) is 5.96 Å². The lowest BCUT2D eigenvalue weighted by Gasteiger charge is -2.38. The van der Waals surface area contributed by atoms with Gasteiger partial charge in [-0.1, -0.05) is 0 Å². The van der Waals surface area contributed by atoms with Gasteiger partial charge in [0, 0.05) is 24.2 Å². The molecular weight excluding hydrogens is 406 g/mol. The molecular formula is C15H17F4N5O3S. The molecule has 3 atom stereocenters. The third kappa shape index (κ3) is 3.50. The van der Waals surface area contributed by atoms with Crippen molar-refractivity contribution in [2.45, 2.75) is 37.5 Å². The molecule has 28 heavy (non-hydrogen) atoms. The molecule has 0 bridgehead atoms. The number of nitro groups is 1. The highest BCUT2D eigenvalue weighted by molar-refractivity contribution is 7.92. The summed E-state index contributed by atoms with van der Waals surface area (Å²) in [6, 6.07) is 0.574. The highest BCUT2D eigenvalue weighted by Gasteiger charge is 2.47. The molecule has 13 heteroatoms. The lowest BCUT2D eigenvalue weighted by molar-refractivity contribution is -0.385. The van der Waals surface area contributed by atoms with E-state index >= 15 is 0 Å². The zero-order valence-corrected chi connectivity index (χ0v) is 15.5. The Morgan fingerprint density at radius 3 is 2.71 bits per heavy atom. The maximum Gasteiger partial charge on any atom is 0.411 e. The van der Waals surface area contributed by atoms with Crippen LogP contribution in [0.3, 0.4) is 0 Å². The zero-order chi connectivity index (χ0) is 20.9. The van der Waals surface area contributed by atoms with Gasteiger partial charge in [-0.2, -0.15) is 13.2 Å². The molecule has 0 aliphatic carbocycles. The molecule has 8 nitrogen and oxygen atoms in total. The van der Waals surface area contributed by atoms with Crippen molar-refractivity contribution in [1.82, 2.24) is 4.31 Å². The van der Waals surface area contributed by atoms with Gasteiger partial charge in [-0.15, -0.1) is 0 Å². The smallest absolute Gasteiger partial charge is 0.369 e. The number of nitrogens with two attached hydrogens (primary N) is 1. The molecule has 2 aliphatic rings. The summed E-state index contributed by atoms with van der Waals surface area (Å²) >= 11 is 0. The Balaban J connectivity index is 2.17. The maximum absolute atomic E-state index is 14.4. The van der Waals surface area contributed by atoms with E-state index in [0.29, 0.717) is 0 Å². The molecule has 1 unspecified atom stereocenters. The van der Waals surface area contributed by atoms with E-state index in [4.69, 9.17) is 5.73 Å². The van der Waals surface area contributed by atoms with Crippen molar-refractivity contribution in [3.8, 4) is 0 Å². The quantitative estimate of drug-likeness (QED) is 0.447. The fraction of sp³-hybridized carbons (Fsp3) is 0.533. The first-order valence-electron chi connectivity index (χ1n) is 8.24. The molecule has 154 valence electrons. The van der Waals surface area contributed by atoms with Crippen molar-refractivity contribution in [3.63, 3.8) is 0 Å². The second-order valence-corrected chi connectivity index (χ2v) is 8.98. The van der Waals surface area contributed by atoms with Crippen molar-refractivity contribution in [1.29, 1.82) is 0 Å². The number of hydrogen-bond acceptors (Lipinski definition) is 6. The van der Waals surface area contributed by atoms with Gasteiger partial charge >= 0.3 is 6.18 Å². The van der Waals surface area contributed by atoms with Gasteiger partial charge in [-0.3, -0.25) is 14.4 Å². The number of nitro benzene ring substituents is 1. The van der Waals surface area contributed by atoms with E-state index in [1.807, 2.05) is 0 Å². The first-order chi connectivity index (χ1) is 12.9. The Kier molecular flexibility index (Phi) is 4.76. The van der Waals surface area contributed by atoms with E-state index in [-0.39, 0.29) is 30.9 Å². The summed E-state index contributed by atoms with van der Waals surface area (Å²) in [5.74, 6) is -1.79. The van der Waals surface area contributed by atoms with Crippen molar-refractivity contribution in [2.24, 2.45) is 15.1 Å². The van der Waals surface area contributed by atoms with E-state index < -0.39 is 49.9 Å². The standard InChI is InChI=1S/C15H17F4N5O3S/c1-14(10-7-9(24(25)26)4-5-11(10)16)8-28(27)22-12(15(17,18)19)3-2-6-23(28)13(20)21-14/h4-5,7,12H,2-3,6,8H2,1H3,(H2,20,21)/t12-,14-,28?/m0/s1. The molecule has 0 fully saturated rings. The fourth-order valence-corrected chi connectivity index (χ4v) is 6.03. The van der Waals surface area contributed by atoms with Gasteiger partial charge in [0.25, 0.3) is 5.69 Å². The van der Waals surface area contributed by atoms with E-state index in [1.54, 1.807) is 0 Å². The lowest BCUT2D eigenvalue weighted by Crippen LogP contribution is -2.52. The predicted octanol–water partition coefficient (Wildman–Crippen LogP) is 2.69. The van der Waals surface area contributed by atoms with Crippen LogP contribution in [0.15, 0.2) is 27.6 Å². The second-order valence-electron chi connectivity index (χ2n) is 6.82. The van der Waals surface area contributed by atoms with Crippen molar-refractivity contribution in [2.75, 3.05) is 12.3 Å². The molecule has 0 spiro atoms. The normalized spacial score (nSPS) is 30.7. The van der Waals surface area contributed by atoms with Gasteiger partial charge < -0.3 is 5.73 Å². The monoisotopic (exact) mass is 423 g/mol. The summed E-state index contributed by atoms with van der Waals surface area (Å²) in [5, 5.41) is 11.0. The molecule has 2 heterocycles. The van der Waals surface area contributed by atoms with E-state index in [0.717, 1.165) is 22.5 Å². The van der Waals surface area contributed by atoms with Crippen molar-refractivity contribution >= 4 is 21.6 Å². The Hall–Kier alpha value is -2.44. The van der Waals surface area contributed by atoms with Gasteiger partial charge in [-0.25, -0.2) is 18.0 Å². The van der Waals surface area contributed by atoms with Gasteiger partial charge in [0.1, 0.15) is 21.3 Å². The Bertz CT molecular complexity index is 973. The van der Waals surface area contributed by atoms with Crippen LogP contribution >= 0.6 is 0 Å². The SMILES string of the molecule is C[C@@]1(c2cc([N+](=O)[O-])ccc2F)CS2(=O)=N[C@H](C(F)(F)F)CCCN2C(N)=N1. The largest absolute Gasteiger partial charge is 0.411 e. The number of hydrogen-bond donors (Lipinski definition) is 1. The summed E-state index contributed by atoms with van der Waals surface area (Å²) in [6.07, 6.45) is -4.99. The first kappa shape index (κ1) is 20.3. The second kappa shape index (κ2) is 6.57. The molecule has 0 amide bonds. The summed E-state index contributed by atoms with van der Waals surface area (Å²) < 4.78 is 72.2. The maximum atomic E-state index is 14.4. The molecule has 0 radical (unpaired) electrons. The number of guanidine groups is 1. The number of alkyl halides is 3. The van der Waals surface area contributed by atoms with Crippen LogP contribution < -0.4 is 5.73 Å². The number of benzene rings is 1. The minimum absolute atomic E-state index is 0.0439. The first-order valence-corrected chi connectivity index (χ1v) is 9.88. The van der Waals surface area contributed by atoms with Crippen LogP contribution in [0.4, 0.5) is 23.2 Å². The molecule has 1 aromatic rings. The molecule has 2 N–H and O–H groups in total. The fourth-order valence-electron chi connectivity index (χ4n) is 3.36. The summed E-state index contributed by atoms with van der Waals surface area (Å²) in [5.41, 5.74) is 3.46. The Morgan fingerprint density at radius 1 is 1.43 bits per heavy atom. The minimum atomic E-state index is -4.68. The van der Waals surface area contributed by atoms with E-state index in [1.165, 1.54) is 6.92 Å². The van der Waals surface area contributed by atoms with Crippen LogP contribution in [0.25, 0.3) is 0 Å². The van der Waals surface area contributed by atoms with Crippen LogP contribution in [0.2, 0.25) is 0 Å². The minimum Gasteiger partial charge on any atom is -0.369 e. The van der Waals surface area contributed by atoms with Crippen LogP contribution in [0.5, 0.6) is 0 Å². The van der Waals surface area contributed by atoms with Gasteiger partial charge in [0.05, 0.1) is 10.7 Å². The third-order valence-electron chi connectivity index (χ3n) is 4.68. The third-order valence-corrected chi connectivity index (χ3v) is 7.26. The Morgan fingerprint density at radius 2 is 2.11 bits per heavy atom. The van der Waals surface area contributed by atoms with E-state index in [2.05, 4.69) is 9.36 Å². The average molecular weight is 423 g/mol. The summed E-state index contributed by atoms with van der Waals surface area (Å²) in [4.78, 5) is 14.4. The van der Waals surface area contributed by atoms with Crippen LogP contribution in [0.1, 0.15) is 25.3 Å². The van der Waals surface area contributed by atoms with Crippen LogP contribution in [-0.2, 0) is 15.5 Å².